The van der Waals surface area contributed by atoms with Crippen molar-refractivity contribution in [1.29, 1.82) is 0 Å². The molecule has 0 radical (unpaired) electrons. The number of rotatable bonds is 14. The summed E-state index contributed by atoms with van der Waals surface area (Å²) in [5, 5.41) is 24.6. The van der Waals surface area contributed by atoms with E-state index in [0.717, 1.165) is 92.2 Å². The number of aliphatic hydroxyl groups is 1. The van der Waals surface area contributed by atoms with Gasteiger partial charge < -0.3 is 24.1 Å². The van der Waals surface area contributed by atoms with E-state index in [1.165, 1.54) is 11.1 Å². The van der Waals surface area contributed by atoms with Gasteiger partial charge in [-0.25, -0.2) is 9.36 Å². The molecule has 2 heterocycles. The van der Waals surface area contributed by atoms with Crippen molar-refractivity contribution in [2.24, 2.45) is 0 Å². The fraction of sp³-hybridized carbons (Fsp3) is 0.296. The van der Waals surface area contributed by atoms with E-state index in [4.69, 9.17) is 24.1 Å². The first kappa shape index (κ1) is 49.0. The minimum atomic E-state index is 0. The number of aryl methyl sites for hydroxylation is 1. The van der Waals surface area contributed by atoms with Crippen molar-refractivity contribution in [3.05, 3.63) is 139 Å². The van der Waals surface area contributed by atoms with Crippen molar-refractivity contribution in [1.82, 2.24) is 30.0 Å². The van der Waals surface area contributed by atoms with Gasteiger partial charge in [0, 0.05) is 7.11 Å². The molecular weight excluding hydrogens is 813 g/mol. The third kappa shape index (κ3) is 12.2. The second kappa shape index (κ2) is 22.6. The van der Waals surface area contributed by atoms with Crippen LogP contribution in [0.15, 0.2) is 128 Å². The molecule has 0 amide bonds. The molecule has 8 rings (SSSR count). The second-order valence-corrected chi connectivity index (χ2v) is 16.2. The van der Waals surface area contributed by atoms with Crippen molar-refractivity contribution in [3.63, 3.8) is 0 Å². The van der Waals surface area contributed by atoms with E-state index in [2.05, 4.69) is 76.6 Å². The lowest BCUT2D eigenvalue weighted by atomic mass is 9.97. The Balaban J connectivity index is 0.000000232. The third-order valence-electron chi connectivity index (χ3n) is 9.87. The molecule has 0 atom stereocenters. The summed E-state index contributed by atoms with van der Waals surface area (Å²) in [5.74, 6) is 3.42. The molecule has 0 saturated heterocycles. The van der Waals surface area contributed by atoms with Crippen LogP contribution >= 0.6 is 0 Å². The molecule has 0 saturated carbocycles. The lowest BCUT2D eigenvalue weighted by Gasteiger charge is -2.13. The molecule has 0 aliphatic heterocycles. The second-order valence-electron chi connectivity index (χ2n) is 16.2. The van der Waals surface area contributed by atoms with Gasteiger partial charge in [0.1, 0.15) is 34.0 Å². The van der Waals surface area contributed by atoms with Crippen LogP contribution in [0.3, 0.4) is 0 Å². The molecule has 0 aliphatic carbocycles. The minimum Gasteiger partial charge on any atom is -0.491 e. The van der Waals surface area contributed by atoms with Crippen LogP contribution in [0.4, 0.5) is 0 Å². The van der Waals surface area contributed by atoms with E-state index < -0.39 is 0 Å². The van der Waals surface area contributed by atoms with Crippen LogP contribution in [-0.4, -0.2) is 66.6 Å². The van der Waals surface area contributed by atoms with Gasteiger partial charge in [0.25, 0.3) is 0 Å². The average Bonchev–Trinajstić information content (AvgIpc) is 3.90. The van der Waals surface area contributed by atoms with E-state index in [-0.39, 0.29) is 31.8 Å². The maximum absolute atomic E-state index is 7.00. The molecule has 8 aromatic rings. The van der Waals surface area contributed by atoms with Crippen LogP contribution in [0.25, 0.3) is 61.8 Å². The van der Waals surface area contributed by atoms with Crippen LogP contribution in [0.2, 0.25) is 0 Å². The topological polar surface area (TPSA) is 119 Å². The predicted molar refractivity (Wildman–Crippen MR) is 266 cm³/mol. The van der Waals surface area contributed by atoms with Crippen molar-refractivity contribution in [2.75, 3.05) is 7.11 Å². The van der Waals surface area contributed by atoms with Gasteiger partial charge in [0.05, 0.1) is 46.8 Å². The number of nitrogens with zero attached hydrogens (tertiary/aromatic N) is 6. The average molecular weight is 877 g/mol. The Hall–Kier alpha value is -6.98. The number of fused-ring (bicyclic) bond motifs is 2. The van der Waals surface area contributed by atoms with Gasteiger partial charge in [-0.05, 0) is 192 Å². The van der Waals surface area contributed by atoms with E-state index in [9.17, 15) is 0 Å². The number of aromatic nitrogens is 6. The first-order valence-electron chi connectivity index (χ1n) is 21.8. The molecule has 1 N–H and O–H groups in total. The first-order chi connectivity index (χ1) is 30.9. The summed E-state index contributed by atoms with van der Waals surface area (Å²) in [6.07, 6.45) is 3.35. The number of aliphatic hydroxyl groups excluding tert-OH is 1. The lowest BCUT2D eigenvalue weighted by Crippen LogP contribution is -2.05. The van der Waals surface area contributed by atoms with Gasteiger partial charge >= 0.3 is 0 Å². The largest absolute Gasteiger partial charge is 0.491 e. The molecule has 340 valence electrons. The summed E-state index contributed by atoms with van der Waals surface area (Å²) in [7, 11) is 1.00. The molecule has 6 aromatic carbocycles. The molecule has 0 aliphatic rings. The molecule has 2 aromatic heterocycles. The summed E-state index contributed by atoms with van der Waals surface area (Å²) < 4.78 is 26.8. The monoisotopic (exact) mass is 876 g/mol. The molecule has 0 spiro atoms. The van der Waals surface area contributed by atoms with Gasteiger partial charge in [-0.2, -0.15) is 0 Å². The van der Waals surface area contributed by atoms with E-state index in [1.807, 2.05) is 150 Å². The predicted octanol–water partition coefficient (Wildman–Crippen LogP) is 12.8. The molecular formula is C54H64N6O5. The highest BCUT2D eigenvalue weighted by atomic mass is 16.5. The van der Waals surface area contributed by atoms with Gasteiger partial charge in [-0.15, -0.1) is 10.2 Å². The van der Waals surface area contributed by atoms with Crippen LogP contribution < -0.4 is 18.9 Å². The minimum absolute atomic E-state index is 0. The van der Waals surface area contributed by atoms with Crippen molar-refractivity contribution < 1.29 is 24.1 Å². The quantitative estimate of drug-likeness (QED) is 0.114. The van der Waals surface area contributed by atoms with Gasteiger partial charge in [0.2, 0.25) is 0 Å². The fourth-order valence-corrected chi connectivity index (χ4v) is 7.20. The maximum Gasteiger partial charge on any atom is 0.119 e. The van der Waals surface area contributed by atoms with Gasteiger partial charge in [0.15, 0.2) is 0 Å². The van der Waals surface area contributed by atoms with E-state index >= 15 is 0 Å². The van der Waals surface area contributed by atoms with Crippen LogP contribution in [-0.2, 0) is 6.42 Å². The summed E-state index contributed by atoms with van der Waals surface area (Å²) in [6.45, 7) is 22.3. The zero-order chi connectivity index (χ0) is 45.9. The fourth-order valence-electron chi connectivity index (χ4n) is 7.20. The SMILES string of the molecule is C.C=Cc1cc2nnn(-c3ccc(OC(C)C)cc3)c2cc1-c1ccc(OC(C)C)cc1.CCc1cc2nnn(-c3ccc(OC(C)C)cc3)c2cc1-c1ccc(OC(C)C)cc1.CO. The van der Waals surface area contributed by atoms with Crippen LogP contribution in [0.5, 0.6) is 23.0 Å². The summed E-state index contributed by atoms with van der Waals surface area (Å²) in [4.78, 5) is 0. The Labute approximate surface area is 384 Å². The molecule has 0 bridgehead atoms. The normalized spacial score (nSPS) is 10.9. The standard InChI is InChI=1S/C26H29N3O2.C26H27N3O2.CH4O.CH4/c2*1-6-19-15-25-26(16-24(19)20-7-11-22(12-8-20)30-17(2)3)29(28-27-25)21-9-13-23(14-10-21)31-18(4)5;1-2;/h7-18H,6H2,1-5H3;6-18H,1H2,2-5H3;2H,1H3;1H4. The number of ether oxygens (including phenoxy) is 4. The highest BCUT2D eigenvalue weighted by molar-refractivity contribution is 5.89. The van der Waals surface area contributed by atoms with Gasteiger partial charge in [-0.1, -0.05) is 61.7 Å². The number of benzene rings is 6. The van der Waals surface area contributed by atoms with Crippen molar-refractivity contribution >= 4 is 28.1 Å². The van der Waals surface area contributed by atoms with E-state index in [1.54, 1.807) is 0 Å². The van der Waals surface area contributed by atoms with Crippen molar-refractivity contribution in [3.8, 4) is 56.6 Å². The highest BCUT2D eigenvalue weighted by Crippen LogP contribution is 2.33. The smallest absolute Gasteiger partial charge is 0.119 e. The summed E-state index contributed by atoms with van der Waals surface area (Å²) in [5.41, 5.74) is 12.3. The molecule has 65 heavy (non-hydrogen) atoms. The molecule has 0 unspecified atom stereocenters. The zero-order valence-corrected chi connectivity index (χ0v) is 38.6. The lowest BCUT2D eigenvalue weighted by molar-refractivity contribution is 0.242. The van der Waals surface area contributed by atoms with Crippen LogP contribution in [0, 0.1) is 0 Å². The Morgan fingerprint density at radius 3 is 1.20 bits per heavy atom. The molecule has 11 heteroatoms. The molecule has 0 fully saturated rings. The Bertz CT molecular complexity index is 2740. The van der Waals surface area contributed by atoms with Gasteiger partial charge in [-0.3, -0.25) is 0 Å². The first-order valence-corrected chi connectivity index (χ1v) is 21.8. The number of hydrogen-bond acceptors (Lipinski definition) is 9. The Morgan fingerprint density at radius 1 is 0.508 bits per heavy atom. The zero-order valence-electron chi connectivity index (χ0n) is 38.6. The molecule has 11 nitrogen and oxygen atoms in total. The third-order valence-corrected chi connectivity index (χ3v) is 9.87. The Morgan fingerprint density at radius 2 is 0.846 bits per heavy atom. The summed E-state index contributed by atoms with van der Waals surface area (Å²) in [6, 6.07) is 40.7. The highest BCUT2D eigenvalue weighted by Gasteiger charge is 2.15. The summed E-state index contributed by atoms with van der Waals surface area (Å²) >= 11 is 0. The number of hydrogen-bond donors (Lipinski definition) is 1. The van der Waals surface area contributed by atoms with Crippen molar-refractivity contribution in [2.45, 2.75) is 101 Å². The van der Waals surface area contributed by atoms with E-state index in [0.29, 0.717) is 0 Å². The maximum atomic E-state index is 7.00. The Kier molecular flexibility index (Phi) is 17.0. The van der Waals surface area contributed by atoms with Crippen LogP contribution in [0.1, 0.15) is 80.9 Å².